The van der Waals surface area contributed by atoms with Gasteiger partial charge in [-0.05, 0) is 56.0 Å². The highest BCUT2D eigenvalue weighted by Gasteiger charge is 2.24. The maximum Gasteiger partial charge on any atom is 0.412 e. The molecule has 30 heavy (non-hydrogen) atoms. The van der Waals surface area contributed by atoms with E-state index in [9.17, 15) is 9.59 Å². The lowest BCUT2D eigenvalue weighted by molar-refractivity contribution is 0.0598. The van der Waals surface area contributed by atoms with Crippen LogP contribution in [-0.4, -0.2) is 31.9 Å². The lowest BCUT2D eigenvalue weighted by Crippen LogP contribution is -2.27. The number of benzene rings is 2. The van der Waals surface area contributed by atoms with E-state index < -0.39 is 17.7 Å². The highest BCUT2D eigenvalue weighted by molar-refractivity contribution is 5.91. The molecular formula is C24H31NO5. The number of amides is 1. The van der Waals surface area contributed by atoms with Crippen molar-refractivity contribution in [3.8, 4) is 16.9 Å². The minimum atomic E-state index is -0.601. The van der Waals surface area contributed by atoms with Gasteiger partial charge in [-0.3, -0.25) is 5.32 Å². The van der Waals surface area contributed by atoms with Crippen molar-refractivity contribution < 1.29 is 23.8 Å². The summed E-state index contributed by atoms with van der Waals surface area (Å²) in [4.78, 5) is 24.1. The van der Waals surface area contributed by atoms with Crippen LogP contribution < -0.4 is 10.1 Å². The first-order chi connectivity index (χ1) is 13.9. The van der Waals surface area contributed by atoms with Crippen molar-refractivity contribution in [1.29, 1.82) is 0 Å². The van der Waals surface area contributed by atoms with Crippen molar-refractivity contribution in [3.05, 3.63) is 47.5 Å². The van der Waals surface area contributed by atoms with E-state index in [1.807, 2.05) is 45.0 Å². The zero-order chi connectivity index (χ0) is 22.7. The molecule has 0 aromatic heterocycles. The summed E-state index contributed by atoms with van der Waals surface area (Å²) in [5, 5.41) is 2.82. The molecule has 0 unspecified atom stereocenters. The molecule has 0 fully saturated rings. The number of hydrogen-bond donors (Lipinski definition) is 1. The van der Waals surface area contributed by atoms with E-state index >= 15 is 0 Å². The molecule has 0 saturated heterocycles. The summed E-state index contributed by atoms with van der Waals surface area (Å²) in [7, 11) is 2.97. The first kappa shape index (κ1) is 23.3. The van der Waals surface area contributed by atoms with E-state index in [1.54, 1.807) is 19.2 Å². The molecular weight excluding hydrogens is 382 g/mol. The van der Waals surface area contributed by atoms with Gasteiger partial charge in [0.2, 0.25) is 0 Å². The normalized spacial score (nSPS) is 11.6. The molecule has 1 amide bonds. The van der Waals surface area contributed by atoms with Crippen molar-refractivity contribution >= 4 is 17.7 Å². The zero-order valence-electron chi connectivity index (χ0n) is 19.0. The number of carbonyl (C=O) groups is 2. The van der Waals surface area contributed by atoms with Gasteiger partial charge in [0.15, 0.2) is 0 Å². The van der Waals surface area contributed by atoms with Gasteiger partial charge in [-0.2, -0.15) is 0 Å². The van der Waals surface area contributed by atoms with Crippen LogP contribution in [0.25, 0.3) is 11.1 Å². The van der Waals surface area contributed by atoms with Crippen molar-refractivity contribution in [2.45, 2.75) is 52.6 Å². The Morgan fingerprint density at radius 2 is 1.50 bits per heavy atom. The van der Waals surface area contributed by atoms with Gasteiger partial charge in [0.1, 0.15) is 11.4 Å². The molecule has 6 heteroatoms. The van der Waals surface area contributed by atoms with Crippen LogP contribution >= 0.6 is 0 Å². The highest BCUT2D eigenvalue weighted by atomic mass is 16.6. The number of anilines is 1. The number of rotatable bonds is 4. The molecule has 0 spiro atoms. The third-order valence-electron chi connectivity index (χ3n) is 4.36. The first-order valence-electron chi connectivity index (χ1n) is 9.77. The lowest BCUT2D eigenvalue weighted by atomic mass is 9.83. The largest absolute Gasteiger partial charge is 0.496 e. The molecule has 0 aliphatic heterocycles. The maximum atomic E-state index is 12.3. The summed E-state index contributed by atoms with van der Waals surface area (Å²) in [6, 6.07) is 10.8. The SMILES string of the molecule is COC(=O)c1ccc(-c2cc(NC(=O)OC(C)(C)C)cc(C(C)(C)C)c2OC)cc1. The smallest absolute Gasteiger partial charge is 0.412 e. The van der Waals surface area contributed by atoms with Gasteiger partial charge in [0, 0.05) is 16.8 Å². The monoisotopic (exact) mass is 413 g/mol. The summed E-state index contributed by atoms with van der Waals surface area (Å²) < 4.78 is 15.9. The average molecular weight is 414 g/mol. The third-order valence-corrected chi connectivity index (χ3v) is 4.36. The van der Waals surface area contributed by atoms with Crippen molar-refractivity contribution in [3.63, 3.8) is 0 Å². The Morgan fingerprint density at radius 3 is 1.97 bits per heavy atom. The van der Waals surface area contributed by atoms with Crippen LogP contribution in [0.1, 0.15) is 57.5 Å². The summed E-state index contributed by atoms with van der Waals surface area (Å²) in [6.45, 7) is 11.7. The second-order valence-corrected chi connectivity index (χ2v) is 9.05. The quantitative estimate of drug-likeness (QED) is 0.642. The Balaban J connectivity index is 2.57. The third kappa shape index (κ3) is 5.75. The molecule has 2 aromatic rings. The Labute approximate surface area is 178 Å². The van der Waals surface area contributed by atoms with Crippen LogP contribution in [0, 0.1) is 0 Å². The Hall–Kier alpha value is -3.02. The van der Waals surface area contributed by atoms with Gasteiger partial charge in [-0.25, -0.2) is 9.59 Å². The molecule has 0 atom stereocenters. The topological polar surface area (TPSA) is 73.9 Å². The molecule has 6 nitrogen and oxygen atoms in total. The van der Waals surface area contributed by atoms with Crippen LogP contribution in [0.15, 0.2) is 36.4 Å². The second kappa shape index (κ2) is 8.78. The highest BCUT2D eigenvalue weighted by Crippen LogP contribution is 2.41. The second-order valence-electron chi connectivity index (χ2n) is 9.05. The molecule has 0 aliphatic carbocycles. The fourth-order valence-electron chi connectivity index (χ4n) is 3.02. The van der Waals surface area contributed by atoms with E-state index in [0.717, 1.165) is 16.7 Å². The van der Waals surface area contributed by atoms with Gasteiger partial charge >= 0.3 is 12.1 Å². The molecule has 162 valence electrons. The predicted molar refractivity (Wildman–Crippen MR) is 118 cm³/mol. The van der Waals surface area contributed by atoms with Crippen molar-refractivity contribution in [1.82, 2.24) is 0 Å². The Kier molecular flexibility index (Phi) is 6.80. The van der Waals surface area contributed by atoms with Gasteiger partial charge < -0.3 is 14.2 Å². The summed E-state index contributed by atoms with van der Waals surface area (Å²) in [5.41, 5.74) is 2.80. The lowest BCUT2D eigenvalue weighted by Gasteiger charge is -2.26. The average Bonchev–Trinajstić information content (AvgIpc) is 2.64. The number of nitrogens with one attached hydrogen (secondary N) is 1. The number of hydrogen-bond acceptors (Lipinski definition) is 5. The first-order valence-corrected chi connectivity index (χ1v) is 9.77. The summed E-state index contributed by atoms with van der Waals surface area (Å²) in [6.07, 6.45) is -0.528. The van der Waals surface area contributed by atoms with E-state index in [-0.39, 0.29) is 5.41 Å². The van der Waals surface area contributed by atoms with Crippen molar-refractivity contribution in [2.75, 3.05) is 19.5 Å². The van der Waals surface area contributed by atoms with E-state index in [0.29, 0.717) is 17.0 Å². The van der Waals surface area contributed by atoms with Gasteiger partial charge in [0.25, 0.3) is 0 Å². The molecule has 0 bridgehead atoms. The molecule has 2 rings (SSSR count). The van der Waals surface area contributed by atoms with Crippen LogP contribution in [-0.2, 0) is 14.9 Å². The summed E-state index contributed by atoms with van der Waals surface area (Å²) in [5.74, 6) is 0.312. The van der Waals surface area contributed by atoms with Gasteiger partial charge in [-0.15, -0.1) is 0 Å². The number of ether oxygens (including phenoxy) is 3. The molecule has 0 heterocycles. The van der Waals surface area contributed by atoms with E-state index in [2.05, 4.69) is 26.1 Å². The van der Waals surface area contributed by atoms with Crippen LogP contribution in [0.2, 0.25) is 0 Å². The number of methoxy groups -OCH3 is 2. The predicted octanol–water partition coefficient (Wildman–Crippen LogP) is 5.79. The fraction of sp³-hybridized carbons (Fsp3) is 0.417. The zero-order valence-corrected chi connectivity index (χ0v) is 19.0. The molecule has 1 N–H and O–H groups in total. The van der Waals surface area contributed by atoms with Gasteiger partial charge in [-0.1, -0.05) is 32.9 Å². The van der Waals surface area contributed by atoms with Gasteiger partial charge in [0.05, 0.1) is 19.8 Å². The van der Waals surface area contributed by atoms with E-state index in [1.165, 1.54) is 7.11 Å². The molecule has 0 saturated carbocycles. The van der Waals surface area contributed by atoms with Crippen molar-refractivity contribution in [2.24, 2.45) is 0 Å². The summed E-state index contributed by atoms with van der Waals surface area (Å²) >= 11 is 0. The number of carbonyl (C=O) groups excluding carboxylic acids is 2. The molecule has 0 aliphatic rings. The van der Waals surface area contributed by atoms with E-state index in [4.69, 9.17) is 14.2 Å². The molecule has 2 aromatic carbocycles. The number of esters is 1. The van der Waals surface area contributed by atoms with Crippen LogP contribution in [0.3, 0.4) is 0 Å². The van der Waals surface area contributed by atoms with Crippen LogP contribution in [0.5, 0.6) is 5.75 Å². The fourth-order valence-corrected chi connectivity index (χ4v) is 3.02. The Bertz CT molecular complexity index is 918. The molecule has 0 radical (unpaired) electrons. The minimum absolute atomic E-state index is 0.238. The maximum absolute atomic E-state index is 12.3. The minimum Gasteiger partial charge on any atom is -0.496 e. The Morgan fingerprint density at radius 1 is 0.900 bits per heavy atom. The standard InChI is InChI=1S/C24H31NO5/c1-23(2,3)19-14-17(25-22(27)30-24(4,5)6)13-18(20(19)28-7)15-9-11-16(12-10-15)21(26)29-8/h9-14H,1-8H3,(H,25,27). The van der Waals surface area contributed by atoms with Crippen LogP contribution in [0.4, 0.5) is 10.5 Å².